The van der Waals surface area contributed by atoms with Crippen LogP contribution < -0.4 is 10.1 Å². The number of hydrogen-bond acceptors (Lipinski definition) is 4. The highest BCUT2D eigenvalue weighted by Crippen LogP contribution is 2.26. The lowest BCUT2D eigenvalue weighted by molar-refractivity contribution is 0.0600. The number of halogens is 2. The van der Waals surface area contributed by atoms with Gasteiger partial charge in [0.2, 0.25) is 0 Å². The Morgan fingerprint density at radius 3 is 2.21 bits per heavy atom. The van der Waals surface area contributed by atoms with Gasteiger partial charge in [-0.2, -0.15) is 0 Å². The summed E-state index contributed by atoms with van der Waals surface area (Å²) in [4.78, 5) is 23.8. The average molecular weight is 397 g/mol. The molecule has 3 aromatic rings. The fourth-order valence-corrected chi connectivity index (χ4v) is 2.61. The zero-order valence-corrected chi connectivity index (χ0v) is 15.4. The van der Waals surface area contributed by atoms with E-state index in [0.717, 1.165) is 17.7 Å². The highest BCUT2D eigenvalue weighted by atomic mass is 19.1. The summed E-state index contributed by atoms with van der Waals surface area (Å²) in [7, 11) is 1.30. The summed E-state index contributed by atoms with van der Waals surface area (Å²) in [5.74, 6) is -2.93. The SMILES string of the molecule is COC(=O)c1ccc(COc2ccccc2NC(=O)c2c(F)cccc2F)cc1. The molecule has 0 aromatic heterocycles. The first-order chi connectivity index (χ1) is 14.0. The standard InChI is InChI=1S/C22H17F2NO4/c1-28-22(27)15-11-9-14(10-12-15)13-29-19-8-3-2-7-18(19)25-21(26)20-16(23)5-4-6-17(20)24/h2-12H,13H2,1H3,(H,25,26). The molecule has 5 nitrogen and oxygen atoms in total. The predicted molar refractivity (Wildman–Crippen MR) is 103 cm³/mol. The van der Waals surface area contributed by atoms with Gasteiger partial charge >= 0.3 is 5.97 Å². The number of nitrogens with one attached hydrogen (secondary N) is 1. The molecule has 0 unspecified atom stereocenters. The third-order valence-electron chi connectivity index (χ3n) is 4.09. The largest absolute Gasteiger partial charge is 0.487 e. The number of hydrogen-bond donors (Lipinski definition) is 1. The minimum Gasteiger partial charge on any atom is -0.487 e. The second-order valence-corrected chi connectivity index (χ2v) is 6.02. The monoisotopic (exact) mass is 397 g/mol. The van der Waals surface area contributed by atoms with Crippen LogP contribution in [-0.4, -0.2) is 19.0 Å². The van der Waals surface area contributed by atoms with Crippen LogP contribution >= 0.6 is 0 Å². The topological polar surface area (TPSA) is 64.6 Å². The van der Waals surface area contributed by atoms with Gasteiger partial charge in [0.1, 0.15) is 29.6 Å². The molecule has 0 saturated carbocycles. The van der Waals surface area contributed by atoms with Crippen LogP contribution in [0.5, 0.6) is 5.75 Å². The van der Waals surface area contributed by atoms with Crippen LogP contribution in [0.3, 0.4) is 0 Å². The van der Waals surface area contributed by atoms with Crippen LogP contribution in [0.1, 0.15) is 26.3 Å². The van der Waals surface area contributed by atoms with Gasteiger partial charge in [0, 0.05) is 0 Å². The molecule has 0 spiro atoms. The van der Waals surface area contributed by atoms with Crippen molar-refractivity contribution in [1.82, 2.24) is 0 Å². The molecule has 3 aromatic carbocycles. The lowest BCUT2D eigenvalue weighted by atomic mass is 10.1. The first-order valence-corrected chi connectivity index (χ1v) is 8.64. The fourth-order valence-electron chi connectivity index (χ4n) is 2.61. The number of anilines is 1. The summed E-state index contributed by atoms with van der Waals surface area (Å²) in [6, 6.07) is 16.4. The van der Waals surface area contributed by atoms with Crippen molar-refractivity contribution in [3.8, 4) is 5.75 Å². The molecule has 0 fully saturated rings. The van der Waals surface area contributed by atoms with Gasteiger partial charge in [-0.15, -0.1) is 0 Å². The van der Waals surface area contributed by atoms with Gasteiger partial charge in [-0.25, -0.2) is 13.6 Å². The molecule has 0 bridgehead atoms. The number of carbonyl (C=O) groups excluding carboxylic acids is 2. The second kappa shape index (κ2) is 8.97. The Kier molecular flexibility index (Phi) is 6.19. The zero-order chi connectivity index (χ0) is 20.8. The zero-order valence-electron chi connectivity index (χ0n) is 15.4. The first-order valence-electron chi connectivity index (χ1n) is 8.64. The molecule has 1 N–H and O–H groups in total. The molecule has 3 rings (SSSR count). The van der Waals surface area contributed by atoms with Gasteiger partial charge in [0.15, 0.2) is 0 Å². The summed E-state index contributed by atoms with van der Waals surface area (Å²) in [6.45, 7) is 0.155. The molecule has 7 heteroatoms. The van der Waals surface area contributed by atoms with E-state index in [1.54, 1.807) is 48.5 Å². The van der Waals surface area contributed by atoms with Crippen LogP contribution in [0.25, 0.3) is 0 Å². The van der Waals surface area contributed by atoms with E-state index in [-0.39, 0.29) is 12.3 Å². The van der Waals surface area contributed by atoms with Crippen LogP contribution in [0, 0.1) is 11.6 Å². The van der Waals surface area contributed by atoms with E-state index in [9.17, 15) is 18.4 Å². The highest BCUT2D eigenvalue weighted by Gasteiger charge is 2.18. The molecule has 0 aliphatic rings. The van der Waals surface area contributed by atoms with Crippen LogP contribution in [0.15, 0.2) is 66.7 Å². The van der Waals surface area contributed by atoms with Crippen molar-refractivity contribution in [2.75, 3.05) is 12.4 Å². The van der Waals surface area contributed by atoms with Gasteiger partial charge in [-0.3, -0.25) is 4.79 Å². The van der Waals surface area contributed by atoms with Crippen LogP contribution in [-0.2, 0) is 11.3 Å². The van der Waals surface area contributed by atoms with Gasteiger partial charge in [0.25, 0.3) is 5.91 Å². The Balaban J connectivity index is 1.72. The maximum absolute atomic E-state index is 13.8. The first kappa shape index (κ1) is 20.0. The number of rotatable bonds is 6. The Bertz CT molecular complexity index is 1010. The molecular formula is C22H17F2NO4. The van der Waals surface area contributed by atoms with Gasteiger partial charge in [-0.05, 0) is 42.0 Å². The summed E-state index contributed by atoms with van der Waals surface area (Å²) in [5.41, 5.74) is 0.793. The van der Waals surface area contributed by atoms with Crippen molar-refractivity contribution in [2.24, 2.45) is 0 Å². The fraction of sp³-hybridized carbons (Fsp3) is 0.0909. The molecule has 0 aliphatic carbocycles. The molecule has 0 atom stereocenters. The lowest BCUT2D eigenvalue weighted by Gasteiger charge is -2.13. The Hall–Kier alpha value is -3.74. The summed E-state index contributed by atoms with van der Waals surface area (Å²) >= 11 is 0. The number of methoxy groups -OCH3 is 1. The molecule has 148 valence electrons. The predicted octanol–water partition coefficient (Wildman–Crippen LogP) is 4.58. The summed E-state index contributed by atoms with van der Waals surface area (Å²) < 4.78 is 38.0. The van der Waals surface area contributed by atoms with Crippen molar-refractivity contribution in [1.29, 1.82) is 0 Å². The number of esters is 1. The van der Waals surface area contributed by atoms with E-state index >= 15 is 0 Å². The van der Waals surface area contributed by atoms with Gasteiger partial charge < -0.3 is 14.8 Å². The van der Waals surface area contributed by atoms with Crippen LogP contribution in [0.2, 0.25) is 0 Å². The number of carbonyl (C=O) groups is 2. The van der Waals surface area contributed by atoms with E-state index in [4.69, 9.17) is 4.74 Å². The lowest BCUT2D eigenvalue weighted by Crippen LogP contribution is -2.16. The van der Waals surface area contributed by atoms with E-state index in [0.29, 0.717) is 11.3 Å². The summed E-state index contributed by atoms with van der Waals surface area (Å²) in [6.07, 6.45) is 0. The number of para-hydroxylation sites is 2. The molecule has 0 heterocycles. The van der Waals surface area contributed by atoms with Crippen LogP contribution in [0.4, 0.5) is 14.5 Å². The van der Waals surface area contributed by atoms with Crippen molar-refractivity contribution in [2.45, 2.75) is 6.61 Å². The summed E-state index contributed by atoms with van der Waals surface area (Å²) in [5, 5.41) is 2.47. The molecule has 0 aliphatic heterocycles. The quantitative estimate of drug-likeness (QED) is 0.619. The molecule has 0 radical (unpaired) electrons. The minimum atomic E-state index is -0.952. The minimum absolute atomic E-state index is 0.155. The highest BCUT2D eigenvalue weighted by molar-refractivity contribution is 6.05. The number of amides is 1. The second-order valence-electron chi connectivity index (χ2n) is 6.02. The van der Waals surface area contributed by atoms with Gasteiger partial charge in [0.05, 0.1) is 18.4 Å². The Labute approximate surface area is 165 Å². The van der Waals surface area contributed by atoms with Gasteiger partial charge in [-0.1, -0.05) is 30.3 Å². The Morgan fingerprint density at radius 1 is 0.897 bits per heavy atom. The van der Waals surface area contributed by atoms with Crippen molar-refractivity contribution in [3.63, 3.8) is 0 Å². The third kappa shape index (κ3) is 4.76. The normalized spacial score (nSPS) is 10.3. The van der Waals surface area contributed by atoms with Crippen molar-refractivity contribution in [3.05, 3.63) is 95.1 Å². The number of ether oxygens (including phenoxy) is 2. The third-order valence-corrected chi connectivity index (χ3v) is 4.09. The maximum Gasteiger partial charge on any atom is 0.337 e. The molecule has 1 amide bonds. The molecule has 29 heavy (non-hydrogen) atoms. The van der Waals surface area contributed by atoms with Crippen molar-refractivity contribution >= 4 is 17.6 Å². The van der Waals surface area contributed by atoms with E-state index < -0.39 is 29.1 Å². The Morgan fingerprint density at radius 2 is 1.55 bits per heavy atom. The average Bonchev–Trinajstić information content (AvgIpc) is 2.73. The van der Waals surface area contributed by atoms with E-state index in [1.807, 2.05) is 0 Å². The van der Waals surface area contributed by atoms with E-state index in [2.05, 4.69) is 10.1 Å². The smallest absolute Gasteiger partial charge is 0.337 e. The number of benzene rings is 3. The van der Waals surface area contributed by atoms with Crippen molar-refractivity contribution < 1.29 is 27.8 Å². The molecule has 0 saturated heterocycles. The molecular weight excluding hydrogens is 380 g/mol. The maximum atomic E-state index is 13.8. The van der Waals surface area contributed by atoms with E-state index in [1.165, 1.54) is 13.2 Å².